The molecule has 1 N–H and O–H groups in total. The van der Waals surface area contributed by atoms with Crippen molar-refractivity contribution in [1.29, 1.82) is 0 Å². The molecule has 0 saturated carbocycles. The molecule has 214 valence electrons. The average Bonchev–Trinajstić information content (AvgIpc) is 2.80. The number of nitro groups is 1. The fourth-order valence-electron chi connectivity index (χ4n) is 2.87. The summed E-state index contributed by atoms with van der Waals surface area (Å²) in [6.45, 7) is -1.52. The van der Waals surface area contributed by atoms with Crippen molar-refractivity contribution in [2.45, 2.75) is 5.03 Å². The minimum Gasteiger partial charge on any atom is -0.329 e. The monoisotopic (exact) mass is 588 g/mol. The number of hydrogen-bond acceptors (Lipinski definition) is 10. The van der Waals surface area contributed by atoms with Gasteiger partial charge in [-0.05, 0) is 0 Å². The lowest BCUT2D eigenvalue weighted by atomic mass is 10.2. The van der Waals surface area contributed by atoms with Crippen molar-refractivity contribution in [1.82, 2.24) is 14.8 Å². The third kappa shape index (κ3) is 11.5. The van der Waals surface area contributed by atoms with E-state index in [9.17, 15) is 37.6 Å². The molecule has 17 heteroatoms. The van der Waals surface area contributed by atoms with Crippen LogP contribution in [0.1, 0.15) is 10.4 Å². The van der Waals surface area contributed by atoms with Gasteiger partial charge in [0.05, 0.1) is 51.3 Å². The second kappa shape index (κ2) is 14.1. The molecule has 1 rings (SSSR count). The maximum Gasteiger partial charge on any atom is 0.472 e. The van der Waals surface area contributed by atoms with Crippen LogP contribution in [0, 0.1) is 34.8 Å². The van der Waals surface area contributed by atoms with Crippen LogP contribution in [0.3, 0.4) is 0 Å². The minimum absolute atomic E-state index is 0.0500. The number of likely N-dealkylation sites (N-methyl/N-ethyl adjacent to an activating group) is 1. The Morgan fingerprint density at radius 3 is 2.26 bits per heavy atom. The Balaban J connectivity index is 2.99. The highest BCUT2D eigenvalue weighted by molar-refractivity contribution is 7.90. The average molecular weight is 589 g/mol. The van der Waals surface area contributed by atoms with Gasteiger partial charge in [-0.15, -0.1) is 12.8 Å². The van der Waals surface area contributed by atoms with E-state index in [1.54, 1.807) is 0 Å². The number of carbonyl (C=O) groups excluding carboxylic acids is 2. The molecule has 1 aromatic rings. The van der Waals surface area contributed by atoms with E-state index in [4.69, 9.17) is 21.9 Å². The predicted molar refractivity (Wildman–Crippen MR) is 139 cm³/mol. The molecule has 1 atom stereocenters. The summed E-state index contributed by atoms with van der Waals surface area (Å²) < 4.78 is 45.9. The summed E-state index contributed by atoms with van der Waals surface area (Å²) in [5.74, 6) is 2.80. The second-order valence-electron chi connectivity index (χ2n) is 9.11. The number of nitrogens with zero attached hydrogens (tertiary/aromatic N) is 5. The van der Waals surface area contributed by atoms with Crippen molar-refractivity contribution in [3.8, 4) is 24.7 Å². The van der Waals surface area contributed by atoms with Crippen LogP contribution in [-0.4, -0.2) is 123 Å². The topological polar surface area (TPSA) is 187 Å². The number of phosphoric ester groups is 1. The smallest absolute Gasteiger partial charge is 0.329 e. The molecule has 0 radical (unpaired) electrons. The normalized spacial score (nSPS) is 13.0. The lowest BCUT2D eigenvalue weighted by Gasteiger charge is -2.26. The Labute approximate surface area is 227 Å². The van der Waals surface area contributed by atoms with Gasteiger partial charge in [-0.25, -0.2) is 18.0 Å². The number of quaternary nitrogens is 1. The zero-order valence-corrected chi connectivity index (χ0v) is 23.7. The molecule has 0 bridgehead atoms. The number of hydrogen-bond donors (Lipinski definition) is 1. The van der Waals surface area contributed by atoms with Crippen LogP contribution in [0.2, 0.25) is 0 Å². The lowest BCUT2D eigenvalue weighted by Crippen LogP contribution is -2.44. The van der Waals surface area contributed by atoms with Crippen LogP contribution in [0.5, 0.6) is 0 Å². The summed E-state index contributed by atoms with van der Waals surface area (Å²) in [6, 6.07) is 0.726. The highest BCUT2D eigenvalue weighted by Crippen LogP contribution is 2.42. The second-order valence-corrected chi connectivity index (χ2v) is 12.5. The maximum absolute atomic E-state index is 13.0. The van der Waals surface area contributed by atoms with E-state index in [-0.39, 0.29) is 25.3 Å². The highest BCUT2D eigenvalue weighted by atomic mass is 32.2. The third-order valence-corrected chi connectivity index (χ3v) is 6.82. The largest absolute Gasteiger partial charge is 0.472 e. The Morgan fingerprint density at radius 2 is 1.74 bits per heavy atom. The molecule has 0 aliphatic carbocycles. The van der Waals surface area contributed by atoms with Crippen molar-refractivity contribution in [2.24, 2.45) is 0 Å². The summed E-state index contributed by atoms with van der Waals surface area (Å²) >= 11 is 0. The van der Waals surface area contributed by atoms with Crippen LogP contribution in [0.25, 0.3) is 0 Å². The summed E-state index contributed by atoms with van der Waals surface area (Å²) in [7, 11) is -2.87. The van der Waals surface area contributed by atoms with Gasteiger partial charge in [-0.2, -0.15) is 0 Å². The zero-order chi connectivity index (χ0) is 30.0. The van der Waals surface area contributed by atoms with Crippen LogP contribution >= 0.6 is 7.82 Å². The molecule has 2 amide bonds. The highest BCUT2D eigenvalue weighted by Gasteiger charge is 2.29. The molecular formula is C22H31N5O10PS+. The van der Waals surface area contributed by atoms with E-state index in [0.29, 0.717) is 11.0 Å². The summed E-state index contributed by atoms with van der Waals surface area (Å²) in [6.07, 6.45) is 12.2. The summed E-state index contributed by atoms with van der Waals surface area (Å²) in [5, 5.41) is 10.5. The van der Waals surface area contributed by atoms with Gasteiger partial charge in [-0.3, -0.25) is 28.8 Å². The SMILES string of the molecule is C#CCN(CCOP(=O)(O)OCC[N+](C)(C)C)C(=O)CN(CC#C)C(=O)c1cnc(S(C)(=O)=O)c([N+](=O)[O-])c1. The van der Waals surface area contributed by atoms with Crippen molar-refractivity contribution in [2.75, 3.05) is 73.3 Å². The van der Waals surface area contributed by atoms with E-state index < -0.39 is 64.8 Å². The fraction of sp³-hybridized carbons (Fsp3) is 0.500. The van der Waals surface area contributed by atoms with Crippen molar-refractivity contribution >= 4 is 35.2 Å². The van der Waals surface area contributed by atoms with Crippen molar-refractivity contribution in [3.63, 3.8) is 0 Å². The van der Waals surface area contributed by atoms with Crippen molar-refractivity contribution < 1.29 is 45.9 Å². The quantitative estimate of drug-likeness (QED) is 0.0938. The molecule has 0 aliphatic heterocycles. The van der Waals surface area contributed by atoms with Crippen LogP contribution < -0.4 is 0 Å². The van der Waals surface area contributed by atoms with Crippen LogP contribution in [0.15, 0.2) is 17.3 Å². The number of amides is 2. The fourth-order valence-corrected chi connectivity index (χ4v) is 4.32. The molecule has 0 aliphatic rings. The van der Waals surface area contributed by atoms with Gasteiger partial charge < -0.3 is 19.2 Å². The van der Waals surface area contributed by atoms with Crippen LogP contribution in [-0.2, 0) is 28.2 Å². The van der Waals surface area contributed by atoms with Crippen LogP contribution in [0.4, 0.5) is 5.69 Å². The zero-order valence-electron chi connectivity index (χ0n) is 22.0. The Morgan fingerprint density at radius 1 is 1.18 bits per heavy atom. The minimum atomic E-state index is -4.40. The molecule has 1 aromatic heterocycles. The predicted octanol–water partition coefficient (Wildman–Crippen LogP) is -0.230. The first kappa shape index (κ1) is 33.7. The van der Waals surface area contributed by atoms with E-state index in [1.165, 1.54) is 0 Å². The molecule has 0 saturated heterocycles. The van der Waals surface area contributed by atoms with E-state index >= 15 is 0 Å². The van der Waals surface area contributed by atoms with Gasteiger partial charge in [0.25, 0.3) is 5.91 Å². The summed E-state index contributed by atoms with van der Waals surface area (Å²) in [4.78, 5) is 51.6. The first-order valence-electron chi connectivity index (χ1n) is 11.1. The third-order valence-electron chi connectivity index (χ3n) is 4.79. The molecule has 0 aromatic carbocycles. The number of rotatable bonds is 15. The standard InChI is InChI=1S/C22H30N5O10PS/c1-7-9-24(11-13-36-38(32,33)37-14-12-27(3,4)5)20(28)17-25(10-8-2)22(29)18-15-19(26(30)31)21(23-16-18)39(6,34)35/h1-2,15-16H,9-14,17H2,3-6H3/p+1. The molecule has 0 spiro atoms. The first-order chi connectivity index (χ1) is 17.9. The number of terminal acetylenes is 2. The van der Waals surface area contributed by atoms with E-state index in [2.05, 4.69) is 16.8 Å². The maximum atomic E-state index is 13.0. The molecular weight excluding hydrogens is 557 g/mol. The number of pyridine rings is 1. The molecule has 1 unspecified atom stereocenters. The molecule has 15 nitrogen and oxygen atoms in total. The molecule has 1 heterocycles. The Kier molecular flexibility index (Phi) is 12.2. The van der Waals surface area contributed by atoms with Crippen molar-refractivity contribution in [3.05, 3.63) is 27.9 Å². The molecule has 0 fully saturated rings. The Bertz CT molecular complexity index is 1310. The Hall–Kier alpha value is -3.37. The van der Waals surface area contributed by atoms with Gasteiger partial charge in [-0.1, -0.05) is 11.8 Å². The number of carbonyl (C=O) groups is 2. The first-order valence-corrected chi connectivity index (χ1v) is 14.5. The van der Waals surface area contributed by atoms with Gasteiger partial charge >= 0.3 is 13.5 Å². The van der Waals surface area contributed by atoms with Gasteiger partial charge in [0.15, 0.2) is 9.84 Å². The van der Waals surface area contributed by atoms with Gasteiger partial charge in [0, 0.05) is 25.1 Å². The van der Waals surface area contributed by atoms with Gasteiger partial charge in [0.1, 0.15) is 19.7 Å². The number of sulfone groups is 1. The molecule has 39 heavy (non-hydrogen) atoms. The lowest BCUT2D eigenvalue weighted by molar-refractivity contribution is -0.870. The summed E-state index contributed by atoms with van der Waals surface area (Å²) in [5.41, 5.74) is -1.30. The van der Waals surface area contributed by atoms with E-state index in [0.717, 1.165) is 28.3 Å². The van der Waals surface area contributed by atoms with Gasteiger partial charge in [0.2, 0.25) is 10.9 Å². The number of phosphoric acid groups is 1. The number of aromatic nitrogens is 1. The van der Waals surface area contributed by atoms with E-state index in [1.807, 2.05) is 21.1 Å².